The molecule has 9 heteroatoms. The van der Waals surface area contributed by atoms with Gasteiger partial charge in [-0.15, -0.1) is 0 Å². The van der Waals surface area contributed by atoms with Crippen molar-refractivity contribution >= 4 is 11.6 Å². The van der Waals surface area contributed by atoms with Crippen molar-refractivity contribution in [2.45, 2.75) is 45.7 Å². The first kappa shape index (κ1) is 24.9. The Morgan fingerprint density at radius 2 is 1.79 bits per heavy atom. The van der Waals surface area contributed by atoms with Crippen LogP contribution in [0.3, 0.4) is 0 Å². The summed E-state index contributed by atoms with van der Waals surface area (Å²) in [5.74, 6) is -1.34. The van der Waals surface area contributed by atoms with E-state index < -0.39 is 34.7 Å². The maximum atomic E-state index is 13.8. The van der Waals surface area contributed by atoms with Crippen LogP contribution >= 0.6 is 0 Å². The molecular formula is C30H29N3O6. The molecule has 200 valence electrons. The van der Waals surface area contributed by atoms with Gasteiger partial charge >= 0.3 is 11.4 Å². The van der Waals surface area contributed by atoms with Crippen LogP contribution in [0.5, 0.6) is 11.5 Å². The molecule has 0 bridgehead atoms. The van der Waals surface area contributed by atoms with Crippen LogP contribution in [0.25, 0.3) is 5.69 Å². The standard InChI is InChI=1S/C30H29N3O6/c1-4-39-24-15-18(10-11-23(24)34)26-20-12-13-31-28(37)32(19-8-6-5-7-9-19)29(38)33(31)22(20)16-21-27(36)17(2)14-25(35)30(21,26)3/h5-12,14-15,21-22,26,34H,4,13,16H2,1-3H3. The lowest BCUT2D eigenvalue weighted by atomic mass is 9.51. The average Bonchev–Trinajstić information content (AvgIpc) is 3.18. The second-order valence-electron chi connectivity index (χ2n) is 10.6. The lowest BCUT2D eigenvalue weighted by molar-refractivity contribution is -0.139. The predicted molar refractivity (Wildman–Crippen MR) is 143 cm³/mol. The number of allylic oxidation sites excluding steroid dienone is 4. The van der Waals surface area contributed by atoms with E-state index in [1.165, 1.54) is 21.5 Å². The number of para-hydroxylation sites is 1. The van der Waals surface area contributed by atoms with Gasteiger partial charge < -0.3 is 9.84 Å². The number of ether oxygens (including phenoxy) is 1. The van der Waals surface area contributed by atoms with Crippen molar-refractivity contribution in [1.82, 2.24) is 13.9 Å². The molecule has 1 aliphatic heterocycles. The third-order valence-corrected chi connectivity index (χ3v) is 8.57. The van der Waals surface area contributed by atoms with Crippen molar-refractivity contribution in [3.8, 4) is 17.2 Å². The number of benzene rings is 2. The van der Waals surface area contributed by atoms with E-state index in [1.807, 2.05) is 26.0 Å². The first-order chi connectivity index (χ1) is 18.7. The monoisotopic (exact) mass is 527 g/mol. The number of nitrogens with zero attached hydrogens (tertiary/aromatic N) is 3. The van der Waals surface area contributed by atoms with Gasteiger partial charge in [0.25, 0.3) is 0 Å². The third kappa shape index (κ3) is 3.45. The summed E-state index contributed by atoms with van der Waals surface area (Å²) in [7, 11) is 0. The zero-order valence-corrected chi connectivity index (χ0v) is 22.0. The van der Waals surface area contributed by atoms with E-state index in [0.29, 0.717) is 23.4 Å². The minimum atomic E-state index is -1.12. The van der Waals surface area contributed by atoms with Crippen molar-refractivity contribution in [3.63, 3.8) is 0 Å². The van der Waals surface area contributed by atoms with Crippen molar-refractivity contribution in [2.24, 2.45) is 11.3 Å². The second-order valence-corrected chi connectivity index (χ2v) is 10.6. The molecule has 2 aliphatic carbocycles. The summed E-state index contributed by atoms with van der Waals surface area (Å²) in [4.78, 5) is 54.6. The molecule has 0 radical (unpaired) electrons. The SMILES string of the molecule is CCOc1cc(C2C3=CCn4c(=O)n(-c5ccccc5)c(=O)n4C3CC3C(=O)C(C)=CC(=O)C32C)ccc1O. The van der Waals surface area contributed by atoms with Crippen LogP contribution in [0.2, 0.25) is 0 Å². The first-order valence-electron chi connectivity index (χ1n) is 13.1. The summed E-state index contributed by atoms with van der Waals surface area (Å²) in [6, 6.07) is 13.1. The molecule has 6 rings (SSSR count). The molecule has 2 heterocycles. The van der Waals surface area contributed by atoms with Crippen LogP contribution in [0.1, 0.15) is 44.7 Å². The van der Waals surface area contributed by atoms with Gasteiger partial charge in [0.1, 0.15) is 0 Å². The number of Topliss-reactive ketones (excluding diaryl/α,β-unsaturated/α-hetero) is 1. The fourth-order valence-electron chi connectivity index (χ4n) is 6.70. The maximum Gasteiger partial charge on any atom is 0.352 e. The van der Waals surface area contributed by atoms with Gasteiger partial charge in [-0.3, -0.25) is 9.59 Å². The molecule has 0 amide bonds. The summed E-state index contributed by atoms with van der Waals surface area (Å²) < 4.78 is 9.65. The van der Waals surface area contributed by atoms with Crippen LogP contribution in [0.4, 0.5) is 0 Å². The highest BCUT2D eigenvalue weighted by Gasteiger charge is 2.59. The lowest BCUT2D eigenvalue weighted by Crippen LogP contribution is -2.54. The number of aromatic hydroxyl groups is 1. The largest absolute Gasteiger partial charge is 0.504 e. The number of phenolic OH excluding ortho intramolecular Hbond substituents is 1. The van der Waals surface area contributed by atoms with E-state index in [0.717, 1.165) is 10.1 Å². The smallest absolute Gasteiger partial charge is 0.352 e. The minimum Gasteiger partial charge on any atom is -0.504 e. The molecule has 4 unspecified atom stereocenters. The summed E-state index contributed by atoms with van der Waals surface area (Å²) in [6.45, 7) is 5.74. The molecule has 1 fully saturated rings. The van der Waals surface area contributed by atoms with E-state index >= 15 is 0 Å². The highest BCUT2D eigenvalue weighted by atomic mass is 16.5. The number of carbonyl (C=O) groups excluding carboxylic acids is 2. The number of ketones is 2. The molecule has 3 aromatic rings. The quantitative estimate of drug-likeness (QED) is 0.521. The summed E-state index contributed by atoms with van der Waals surface area (Å²) in [6.07, 6.45) is 3.54. The van der Waals surface area contributed by atoms with Gasteiger partial charge in [-0.2, -0.15) is 0 Å². The molecule has 39 heavy (non-hydrogen) atoms. The predicted octanol–water partition coefficient (Wildman–Crippen LogP) is 3.29. The Hall–Kier alpha value is -4.40. The molecule has 0 spiro atoms. The van der Waals surface area contributed by atoms with E-state index in [9.17, 15) is 24.3 Å². The number of carbonyl (C=O) groups is 2. The van der Waals surface area contributed by atoms with Crippen molar-refractivity contribution in [3.05, 3.63) is 98.4 Å². The maximum absolute atomic E-state index is 13.8. The van der Waals surface area contributed by atoms with Gasteiger partial charge in [-0.25, -0.2) is 23.5 Å². The Bertz CT molecular complexity index is 1710. The Kier molecular flexibility index (Phi) is 5.64. The van der Waals surface area contributed by atoms with E-state index in [-0.39, 0.29) is 36.0 Å². The van der Waals surface area contributed by atoms with Crippen LogP contribution in [0, 0.1) is 11.3 Å². The molecule has 2 aromatic carbocycles. The molecule has 1 N–H and O–H groups in total. The highest BCUT2D eigenvalue weighted by Crippen LogP contribution is 2.60. The summed E-state index contributed by atoms with van der Waals surface area (Å²) in [5.41, 5.74) is 0.264. The number of phenols is 1. The molecule has 3 aliphatic rings. The van der Waals surface area contributed by atoms with Crippen LogP contribution in [-0.4, -0.2) is 37.2 Å². The van der Waals surface area contributed by atoms with Gasteiger partial charge in [0, 0.05) is 11.8 Å². The van der Waals surface area contributed by atoms with Gasteiger partial charge in [0.2, 0.25) is 0 Å². The number of rotatable bonds is 4. The minimum absolute atomic E-state index is 0.0286. The molecule has 4 atom stereocenters. The van der Waals surface area contributed by atoms with Crippen molar-refractivity contribution in [1.29, 1.82) is 0 Å². The van der Waals surface area contributed by atoms with Crippen LogP contribution in [-0.2, 0) is 16.1 Å². The fourth-order valence-corrected chi connectivity index (χ4v) is 6.70. The van der Waals surface area contributed by atoms with Crippen LogP contribution < -0.4 is 16.1 Å². The van der Waals surface area contributed by atoms with Crippen LogP contribution in [0.15, 0.2) is 81.4 Å². The Morgan fingerprint density at radius 3 is 2.51 bits per heavy atom. The third-order valence-electron chi connectivity index (χ3n) is 8.57. The lowest BCUT2D eigenvalue weighted by Gasteiger charge is -2.52. The zero-order valence-electron chi connectivity index (χ0n) is 22.0. The Labute approximate surface area is 224 Å². The zero-order chi connectivity index (χ0) is 27.6. The van der Waals surface area contributed by atoms with Gasteiger partial charge in [0.05, 0.1) is 30.3 Å². The average molecular weight is 528 g/mol. The van der Waals surface area contributed by atoms with Gasteiger partial charge in [0.15, 0.2) is 23.1 Å². The normalized spacial score (nSPS) is 25.8. The second kappa shape index (κ2) is 8.83. The topological polar surface area (TPSA) is 113 Å². The fraction of sp³-hybridized carbons (Fsp3) is 0.333. The Balaban J connectivity index is 1.59. The molecular weight excluding hydrogens is 498 g/mol. The van der Waals surface area contributed by atoms with Crippen molar-refractivity contribution in [2.75, 3.05) is 6.61 Å². The first-order valence-corrected chi connectivity index (χ1v) is 13.1. The Morgan fingerprint density at radius 1 is 1.05 bits per heavy atom. The summed E-state index contributed by atoms with van der Waals surface area (Å²) in [5, 5.41) is 10.4. The van der Waals surface area contributed by atoms with Gasteiger partial charge in [-0.1, -0.05) is 37.3 Å². The molecule has 9 nitrogen and oxygen atoms in total. The van der Waals surface area contributed by atoms with E-state index in [1.54, 1.807) is 43.3 Å². The number of fused-ring (bicyclic) bond motifs is 4. The number of hydrogen-bond acceptors (Lipinski definition) is 6. The highest BCUT2D eigenvalue weighted by molar-refractivity contribution is 6.13. The number of aromatic nitrogens is 3. The number of hydrogen-bond donors (Lipinski definition) is 1. The summed E-state index contributed by atoms with van der Waals surface area (Å²) >= 11 is 0. The van der Waals surface area contributed by atoms with E-state index in [2.05, 4.69) is 0 Å². The van der Waals surface area contributed by atoms with E-state index in [4.69, 9.17) is 4.74 Å². The molecule has 0 saturated heterocycles. The van der Waals surface area contributed by atoms with Gasteiger partial charge in [-0.05, 0) is 67.3 Å². The molecule has 1 aromatic heterocycles. The molecule has 1 saturated carbocycles. The van der Waals surface area contributed by atoms with Crippen molar-refractivity contribution < 1.29 is 19.4 Å².